The SMILES string of the molecule is c1ccc2cc(-c3ccc4cc(-c5ccc(N(c6ccc(-c7cccc8ccccc78)cc6)c6cc7ccccc7c7c6sc6c(C8CCCCC8)cccc67)cc5)ccc4c3)ccc2c1. The highest BCUT2D eigenvalue weighted by atomic mass is 32.1. The van der Waals surface area contributed by atoms with Crippen molar-refractivity contribution in [2.24, 2.45) is 0 Å². The number of fused-ring (bicyclic) bond motifs is 8. The summed E-state index contributed by atoms with van der Waals surface area (Å²) in [6.07, 6.45) is 6.57. The highest BCUT2D eigenvalue weighted by Crippen LogP contribution is 2.51. The fourth-order valence-corrected chi connectivity index (χ4v) is 12.4. The van der Waals surface area contributed by atoms with Gasteiger partial charge in [-0.25, -0.2) is 0 Å². The zero-order chi connectivity index (χ0) is 43.6. The number of thiophene rings is 1. The van der Waals surface area contributed by atoms with Crippen molar-refractivity contribution in [2.45, 2.75) is 38.0 Å². The molecule has 0 amide bonds. The van der Waals surface area contributed by atoms with E-state index in [0.29, 0.717) is 5.92 Å². The highest BCUT2D eigenvalue weighted by molar-refractivity contribution is 7.26. The molecule has 13 rings (SSSR count). The van der Waals surface area contributed by atoms with Gasteiger partial charge in [0, 0.05) is 26.8 Å². The molecule has 2 heteroatoms. The Hall–Kier alpha value is -7.52. The molecule has 1 aliphatic carbocycles. The molecule has 0 spiro atoms. The summed E-state index contributed by atoms with van der Waals surface area (Å²) in [6, 6.07) is 81.5. The summed E-state index contributed by atoms with van der Waals surface area (Å²) < 4.78 is 2.80. The van der Waals surface area contributed by atoms with Gasteiger partial charge in [-0.2, -0.15) is 0 Å². The van der Waals surface area contributed by atoms with Gasteiger partial charge in [-0.1, -0.05) is 189 Å². The van der Waals surface area contributed by atoms with E-state index in [2.05, 4.69) is 223 Å². The quantitative estimate of drug-likeness (QED) is 0.154. The molecule has 1 saturated carbocycles. The summed E-state index contributed by atoms with van der Waals surface area (Å²) in [5.74, 6) is 0.622. The van der Waals surface area contributed by atoms with E-state index in [1.807, 2.05) is 11.3 Å². The number of benzene rings is 11. The van der Waals surface area contributed by atoms with Gasteiger partial charge < -0.3 is 4.90 Å². The van der Waals surface area contributed by atoms with Crippen LogP contribution in [-0.4, -0.2) is 0 Å². The minimum Gasteiger partial charge on any atom is -0.309 e. The largest absolute Gasteiger partial charge is 0.309 e. The lowest BCUT2D eigenvalue weighted by molar-refractivity contribution is 0.446. The van der Waals surface area contributed by atoms with Crippen molar-refractivity contribution < 1.29 is 0 Å². The van der Waals surface area contributed by atoms with Crippen molar-refractivity contribution in [3.63, 3.8) is 0 Å². The van der Waals surface area contributed by atoms with Gasteiger partial charge >= 0.3 is 0 Å². The van der Waals surface area contributed by atoms with Crippen molar-refractivity contribution in [1.29, 1.82) is 0 Å². The molecule has 11 aromatic carbocycles. The van der Waals surface area contributed by atoms with E-state index in [-0.39, 0.29) is 0 Å². The molecule has 1 nitrogen and oxygen atoms in total. The van der Waals surface area contributed by atoms with Crippen LogP contribution in [0.1, 0.15) is 43.6 Å². The van der Waals surface area contributed by atoms with Gasteiger partial charge in [0.25, 0.3) is 0 Å². The Labute approximate surface area is 389 Å². The Bertz CT molecular complexity index is 3790. The van der Waals surface area contributed by atoms with Crippen LogP contribution < -0.4 is 4.90 Å². The Morgan fingerprint density at radius 1 is 0.348 bits per heavy atom. The van der Waals surface area contributed by atoms with Gasteiger partial charge in [0.1, 0.15) is 0 Å². The van der Waals surface area contributed by atoms with Gasteiger partial charge in [0.15, 0.2) is 0 Å². The van der Waals surface area contributed by atoms with Gasteiger partial charge in [0.2, 0.25) is 0 Å². The average molecular weight is 862 g/mol. The number of hydrogen-bond acceptors (Lipinski definition) is 2. The molecule has 0 unspecified atom stereocenters. The summed E-state index contributed by atoms with van der Waals surface area (Å²) in [5.41, 5.74) is 12.4. The van der Waals surface area contributed by atoms with E-state index < -0.39 is 0 Å². The maximum absolute atomic E-state index is 2.51. The molecular weight excluding hydrogens is 815 g/mol. The third kappa shape index (κ3) is 6.75. The number of anilines is 3. The molecule has 1 fully saturated rings. The maximum atomic E-state index is 2.51. The minimum atomic E-state index is 0.622. The second-order valence-corrected chi connectivity index (χ2v) is 19.3. The molecule has 1 heterocycles. The minimum absolute atomic E-state index is 0.622. The predicted octanol–water partition coefficient (Wildman–Crippen LogP) is 19.2. The molecule has 0 bridgehead atoms. The standard InChI is InChI=1S/C64H47NS/c1-2-13-45(14-3-1)59-22-11-23-60-62-58-20-9-7-17-53(58)41-61(64(62)66-63(59)60)65(55-36-32-46(33-37-55)57-21-10-18-44-15-6-8-19-56(44)57)54-34-30-43(31-35-54)48-26-27-51-40-52(29-28-50(51)39-48)49-25-24-42-12-4-5-16-47(42)38-49/h4-12,15-41,45H,1-3,13-14H2. The lowest BCUT2D eigenvalue weighted by Gasteiger charge is -2.27. The Kier molecular flexibility index (Phi) is 9.53. The number of hydrogen-bond donors (Lipinski definition) is 0. The van der Waals surface area contributed by atoms with Crippen molar-refractivity contribution in [1.82, 2.24) is 0 Å². The van der Waals surface area contributed by atoms with E-state index in [4.69, 9.17) is 0 Å². The van der Waals surface area contributed by atoms with E-state index >= 15 is 0 Å². The van der Waals surface area contributed by atoms with Crippen LogP contribution in [-0.2, 0) is 0 Å². The molecule has 0 atom stereocenters. The average Bonchev–Trinajstić information content (AvgIpc) is 3.79. The summed E-state index contributed by atoms with van der Waals surface area (Å²) in [4.78, 5) is 2.51. The molecule has 0 saturated heterocycles. The van der Waals surface area contributed by atoms with Crippen LogP contribution in [0.4, 0.5) is 17.1 Å². The van der Waals surface area contributed by atoms with Crippen molar-refractivity contribution in [3.05, 3.63) is 224 Å². The van der Waals surface area contributed by atoms with Gasteiger partial charge in [-0.05, 0) is 149 Å². The van der Waals surface area contributed by atoms with E-state index in [1.54, 1.807) is 5.56 Å². The summed E-state index contributed by atoms with van der Waals surface area (Å²) in [5, 5.41) is 12.9. The van der Waals surface area contributed by atoms with Crippen molar-refractivity contribution in [3.8, 4) is 33.4 Å². The summed E-state index contributed by atoms with van der Waals surface area (Å²) in [7, 11) is 0. The monoisotopic (exact) mass is 861 g/mol. The van der Waals surface area contributed by atoms with Crippen LogP contribution in [0.15, 0.2) is 218 Å². The molecule has 0 radical (unpaired) electrons. The van der Waals surface area contributed by atoms with Gasteiger partial charge in [-0.3, -0.25) is 0 Å². The first-order valence-electron chi connectivity index (χ1n) is 23.6. The van der Waals surface area contributed by atoms with E-state index in [1.165, 1.54) is 134 Å². The fourth-order valence-electron chi connectivity index (χ4n) is 11.0. The van der Waals surface area contributed by atoms with Gasteiger partial charge in [0.05, 0.1) is 10.4 Å². The van der Waals surface area contributed by atoms with Crippen molar-refractivity contribution in [2.75, 3.05) is 4.90 Å². The Morgan fingerprint density at radius 2 is 0.864 bits per heavy atom. The second-order valence-electron chi connectivity index (χ2n) is 18.3. The smallest absolute Gasteiger partial charge is 0.0646 e. The highest BCUT2D eigenvalue weighted by Gasteiger charge is 2.24. The van der Waals surface area contributed by atoms with Crippen LogP contribution in [0.5, 0.6) is 0 Å². The van der Waals surface area contributed by atoms with E-state index in [9.17, 15) is 0 Å². The molecule has 12 aromatic rings. The number of rotatable bonds is 7. The van der Waals surface area contributed by atoms with Crippen LogP contribution >= 0.6 is 11.3 Å². The molecule has 66 heavy (non-hydrogen) atoms. The molecular formula is C64H47NS. The predicted molar refractivity (Wildman–Crippen MR) is 286 cm³/mol. The van der Waals surface area contributed by atoms with Crippen LogP contribution in [0.3, 0.4) is 0 Å². The topological polar surface area (TPSA) is 3.24 Å². The normalized spacial score (nSPS) is 13.4. The fraction of sp³-hybridized carbons (Fsp3) is 0.0938. The van der Waals surface area contributed by atoms with Gasteiger partial charge in [-0.15, -0.1) is 11.3 Å². The Balaban J connectivity index is 0.937. The molecule has 0 aliphatic heterocycles. The zero-order valence-corrected chi connectivity index (χ0v) is 37.6. The van der Waals surface area contributed by atoms with Crippen LogP contribution in [0, 0.1) is 0 Å². The lowest BCUT2D eigenvalue weighted by Crippen LogP contribution is -2.10. The molecule has 1 aliphatic rings. The van der Waals surface area contributed by atoms with E-state index in [0.717, 1.165) is 11.4 Å². The lowest BCUT2D eigenvalue weighted by atomic mass is 9.83. The Morgan fingerprint density at radius 3 is 1.58 bits per heavy atom. The molecule has 1 aromatic heterocycles. The van der Waals surface area contributed by atoms with Crippen molar-refractivity contribution >= 4 is 91.7 Å². The molecule has 314 valence electrons. The summed E-state index contributed by atoms with van der Waals surface area (Å²) >= 11 is 2.00. The first-order valence-corrected chi connectivity index (χ1v) is 24.4. The zero-order valence-electron chi connectivity index (χ0n) is 36.8. The third-order valence-electron chi connectivity index (χ3n) is 14.4. The summed E-state index contributed by atoms with van der Waals surface area (Å²) in [6.45, 7) is 0. The second kappa shape index (κ2) is 16.2. The van der Waals surface area contributed by atoms with Crippen LogP contribution in [0.2, 0.25) is 0 Å². The maximum Gasteiger partial charge on any atom is 0.0646 e. The van der Waals surface area contributed by atoms with Crippen LogP contribution in [0.25, 0.3) is 96.6 Å². The first-order chi connectivity index (χ1) is 32.7. The molecule has 0 N–H and O–H groups in total. The first kappa shape index (κ1) is 38.9. The number of nitrogens with zero attached hydrogens (tertiary/aromatic N) is 1. The third-order valence-corrected chi connectivity index (χ3v) is 15.7.